The van der Waals surface area contributed by atoms with Crippen LogP contribution in [-0.2, 0) is 23.0 Å². The molecule has 3 fully saturated rings. The highest BCUT2D eigenvalue weighted by Crippen LogP contribution is 2.55. The van der Waals surface area contributed by atoms with Crippen molar-refractivity contribution in [1.29, 1.82) is 0 Å². The monoisotopic (exact) mass is 382 g/mol. The first-order chi connectivity index (χ1) is 13.6. The van der Waals surface area contributed by atoms with E-state index in [1.807, 2.05) is 24.0 Å². The van der Waals surface area contributed by atoms with Gasteiger partial charge in [-0.05, 0) is 25.3 Å². The fourth-order valence-corrected chi connectivity index (χ4v) is 5.30. The Morgan fingerprint density at radius 1 is 1.39 bits per heavy atom. The smallest absolute Gasteiger partial charge is 0.220 e. The molecule has 0 unspecified atom stereocenters. The predicted molar refractivity (Wildman–Crippen MR) is 103 cm³/mol. The molecule has 8 heteroatoms. The zero-order valence-corrected chi connectivity index (χ0v) is 16.1. The summed E-state index contributed by atoms with van der Waals surface area (Å²) in [6.07, 6.45) is 10.7. The Kier molecular flexibility index (Phi) is 4.30. The molecule has 3 aliphatic rings. The third-order valence-electron chi connectivity index (χ3n) is 6.72. The maximum atomic E-state index is 12.4. The number of carbonyl (C=O) groups is 1. The van der Waals surface area contributed by atoms with Crippen LogP contribution in [0.15, 0.2) is 30.9 Å². The molecular weight excluding hydrogens is 356 g/mol. The van der Waals surface area contributed by atoms with E-state index in [2.05, 4.69) is 25.3 Å². The Labute approximate surface area is 164 Å². The second kappa shape index (κ2) is 6.84. The van der Waals surface area contributed by atoms with Crippen LogP contribution < -0.4 is 10.2 Å². The van der Waals surface area contributed by atoms with E-state index in [1.165, 1.54) is 0 Å². The minimum atomic E-state index is -0.0771. The van der Waals surface area contributed by atoms with Crippen molar-refractivity contribution in [3.63, 3.8) is 0 Å². The molecule has 2 aromatic rings. The van der Waals surface area contributed by atoms with Gasteiger partial charge in [-0.2, -0.15) is 5.10 Å². The Hall–Kier alpha value is -2.48. The van der Waals surface area contributed by atoms with E-state index >= 15 is 0 Å². The molecule has 1 amide bonds. The van der Waals surface area contributed by atoms with E-state index in [4.69, 9.17) is 4.74 Å². The van der Waals surface area contributed by atoms with E-state index in [9.17, 15) is 4.79 Å². The zero-order chi connectivity index (χ0) is 19.1. The number of aromatic nitrogens is 4. The van der Waals surface area contributed by atoms with Gasteiger partial charge in [-0.3, -0.25) is 14.5 Å². The molecule has 5 heterocycles. The number of rotatable bonds is 6. The summed E-state index contributed by atoms with van der Waals surface area (Å²) in [5.74, 6) is 1.82. The zero-order valence-electron chi connectivity index (χ0n) is 16.1. The summed E-state index contributed by atoms with van der Waals surface area (Å²) in [4.78, 5) is 23.3. The van der Waals surface area contributed by atoms with Gasteiger partial charge in [0.05, 0.1) is 17.9 Å². The number of ether oxygens (including phenoxy) is 1. The third kappa shape index (κ3) is 2.96. The molecule has 3 saturated heterocycles. The minimum Gasteiger partial charge on any atom is -0.369 e. The van der Waals surface area contributed by atoms with Crippen LogP contribution >= 0.6 is 0 Å². The molecule has 1 N–H and O–H groups in total. The first kappa shape index (κ1) is 17.6. The van der Waals surface area contributed by atoms with Crippen LogP contribution in [0.25, 0.3) is 0 Å². The van der Waals surface area contributed by atoms with Crippen molar-refractivity contribution in [1.82, 2.24) is 25.1 Å². The fraction of sp³-hybridized carbons (Fsp3) is 0.600. The summed E-state index contributed by atoms with van der Waals surface area (Å²) >= 11 is 0. The number of hydrogen-bond acceptors (Lipinski definition) is 6. The van der Waals surface area contributed by atoms with Crippen LogP contribution in [0, 0.1) is 11.8 Å². The molecule has 0 aliphatic carbocycles. The largest absolute Gasteiger partial charge is 0.369 e. The Morgan fingerprint density at radius 3 is 3.11 bits per heavy atom. The SMILES string of the molecule is Cn1nccc1CCC(=O)NC[C@H]1[C@H]2CN(c3cnccn3)C[C@]23CC[C@H]1O3. The summed E-state index contributed by atoms with van der Waals surface area (Å²) < 4.78 is 8.28. The number of fused-ring (bicyclic) bond motifs is 1. The maximum Gasteiger partial charge on any atom is 0.220 e. The highest BCUT2D eigenvalue weighted by molar-refractivity contribution is 5.76. The number of aryl methyl sites for hydroxylation is 2. The number of nitrogens with zero attached hydrogens (tertiary/aromatic N) is 5. The lowest BCUT2D eigenvalue weighted by Crippen LogP contribution is -2.42. The van der Waals surface area contributed by atoms with Crippen LogP contribution in [-0.4, -0.2) is 57.0 Å². The molecular formula is C20H26N6O2. The van der Waals surface area contributed by atoms with Gasteiger partial charge < -0.3 is 15.0 Å². The van der Waals surface area contributed by atoms with E-state index in [0.717, 1.165) is 37.4 Å². The van der Waals surface area contributed by atoms with E-state index in [0.29, 0.717) is 31.2 Å². The third-order valence-corrected chi connectivity index (χ3v) is 6.72. The molecule has 0 saturated carbocycles. The van der Waals surface area contributed by atoms with Crippen molar-refractivity contribution in [2.75, 3.05) is 24.5 Å². The number of carbonyl (C=O) groups excluding carboxylic acids is 1. The average Bonchev–Trinajstić information content (AvgIpc) is 3.46. The van der Waals surface area contributed by atoms with Crippen LogP contribution in [0.1, 0.15) is 25.0 Å². The van der Waals surface area contributed by atoms with Crippen molar-refractivity contribution in [3.8, 4) is 0 Å². The van der Waals surface area contributed by atoms with E-state index in [1.54, 1.807) is 18.6 Å². The van der Waals surface area contributed by atoms with Crippen LogP contribution in [0.5, 0.6) is 0 Å². The van der Waals surface area contributed by atoms with Crippen molar-refractivity contribution in [2.24, 2.45) is 18.9 Å². The van der Waals surface area contributed by atoms with Crippen molar-refractivity contribution in [3.05, 3.63) is 36.5 Å². The van der Waals surface area contributed by atoms with Crippen molar-refractivity contribution in [2.45, 2.75) is 37.4 Å². The fourth-order valence-electron chi connectivity index (χ4n) is 5.30. The molecule has 3 aliphatic heterocycles. The number of hydrogen-bond donors (Lipinski definition) is 1. The molecule has 0 aromatic carbocycles. The van der Waals surface area contributed by atoms with Gasteiger partial charge in [0, 0.05) is 69.2 Å². The molecule has 4 atom stereocenters. The summed E-state index contributed by atoms with van der Waals surface area (Å²) in [6.45, 7) is 2.48. The Bertz CT molecular complexity index is 855. The molecule has 28 heavy (non-hydrogen) atoms. The second-order valence-electron chi connectivity index (χ2n) is 8.22. The first-order valence-electron chi connectivity index (χ1n) is 10.1. The molecule has 2 bridgehead atoms. The minimum absolute atomic E-state index is 0.0771. The molecule has 8 nitrogen and oxygen atoms in total. The first-order valence-corrected chi connectivity index (χ1v) is 10.1. The summed E-state index contributed by atoms with van der Waals surface area (Å²) in [7, 11) is 1.91. The Balaban J connectivity index is 1.19. The van der Waals surface area contributed by atoms with Gasteiger partial charge in [-0.25, -0.2) is 4.98 Å². The normalized spacial score (nSPS) is 30.6. The van der Waals surface area contributed by atoms with Crippen LogP contribution in [0.3, 0.4) is 0 Å². The van der Waals surface area contributed by atoms with E-state index < -0.39 is 0 Å². The topological polar surface area (TPSA) is 85.2 Å². The van der Waals surface area contributed by atoms with Gasteiger partial charge in [0.2, 0.25) is 5.91 Å². The average molecular weight is 382 g/mol. The molecule has 1 spiro atoms. The molecule has 148 valence electrons. The molecule has 2 aromatic heterocycles. The van der Waals surface area contributed by atoms with Gasteiger partial charge >= 0.3 is 0 Å². The summed E-state index contributed by atoms with van der Waals surface area (Å²) in [5.41, 5.74) is 1.000. The molecule has 5 rings (SSSR count). The standard InChI is InChI=1S/C20H26N6O2/c1-25-14(5-7-24-25)2-3-19(27)23-10-15-16-12-26(18-11-21-8-9-22-18)13-20(16)6-4-17(15)28-20/h5,7-9,11,15-17H,2-4,6,10,12-13H2,1H3,(H,23,27)/t15-,16+,17+,20+/m0/s1. The number of amides is 1. The second-order valence-corrected chi connectivity index (χ2v) is 8.22. The van der Waals surface area contributed by atoms with Crippen molar-refractivity contribution < 1.29 is 9.53 Å². The lowest BCUT2D eigenvalue weighted by Gasteiger charge is -2.29. The van der Waals surface area contributed by atoms with Crippen LogP contribution in [0.2, 0.25) is 0 Å². The van der Waals surface area contributed by atoms with Crippen LogP contribution in [0.4, 0.5) is 5.82 Å². The maximum absolute atomic E-state index is 12.4. The number of nitrogens with one attached hydrogen (secondary N) is 1. The van der Waals surface area contributed by atoms with Crippen molar-refractivity contribution >= 4 is 11.7 Å². The van der Waals surface area contributed by atoms with Gasteiger partial charge in [0.15, 0.2) is 0 Å². The summed E-state index contributed by atoms with van der Waals surface area (Å²) in [5, 5.41) is 7.31. The van der Waals surface area contributed by atoms with E-state index in [-0.39, 0.29) is 17.6 Å². The molecule has 0 radical (unpaired) electrons. The lowest BCUT2D eigenvalue weighted by molar-refractivity contribution is -0.121. The predicted octanol–water partition coefficient (Wildman–Crippen LogP) is 0.943. The Morgan fingerprint density at radius 2 is 2.32 bits per heavy atom. The van der Waals surface area contributed by atoms with Gasteiger partial charge in [0.1, 0.15) is 5.82 Å². The summed E-state index contributed by atoms with van der Waals surface area (Å²) in [6, 6.07) is 1.96. The number of anilines is 1. The van der Waals surface area contributed by atoms with Gasteiger partial charge in [0.25, 0.3) is 0 Å². The lowest BCUT2D eigenvalue weighted by atomic mass is 9.73. The highest BCUT2D eigenvalue weighted by atomic mass is 16.5. The highest BCUT2D eigenvalue weighted by Gasteiger charge is 2.63. The van der Waals surface area contributed by atoms with Gasteiger partial charge in [-0.15, -0.1) is 0 Å². The quantitative estimate of drug-likeness (QED) is 0.801. The van der Waals surface area contributed by atoms with Gasteiger partial charge in [-0.1, -0.05) is 0 Å².